The molecule has 0 bridgehead atoms. The second-order valence-corrected chi connectivity index (χ2v) is 4.22. The first-order valence-corrected chi connectivity index (χ1v) is 6.58. The minimum absolute atomic E-state index is 0.0781. The lowest BCUT2D eigenvalue weighted by Gasteiger charge is -2.23. The van der Waals surface area contributed by atoms with Gasteiger partial charge in [0.25, 0.3) is 0 Å². The van der Waals surface area contributed by atoms with Crippen LogP contribution in [0.2, 0.25) is 0 Å². The van der Waals surface area contributed by atoms with E-state index in [1.165, 1.54) is 0 Å². The van der Waals surface area contributed by atoms with Crippen LogP contribution in [0.15, 0.2) is 24.8 Å². The van der Waals surface area contributed by atoms with Crippen molar-refractivity contribution in [2.45, 2.75) is 32.8 Å². The van der Waals surface area contributed by atoms with Crippen LogP contribution < -0.4 is 5.32 Å². The molecule has 0 aromatic rings. The van der Waals surface area contributed by atoms with Gasteiger partial charge in [-0.05, 0) is 19.5 Å². The Morgan fingerprint density at radius 3 is 2.78 bits per heavy atom. The van der Waals surface area contributed by atoms with E-state index in [0.717, 1.165) is 19.5 Å². The highest BCUT2D eigenvalue weighted by Gasteiger charge is 2.10. The van der Waals surface area contributed by atoms with Crippen LogP contribution in [0.4, 0.5) is 0 Å². The van der Waals surface area contributed by atoms with Gasteiger partial charge in [0.15, 0.2) is 0 Å². The highest BCUT2D eigenvalue weighted by atomic mass is 16.3. The molecule has 0 aliphatic rings. The monoisotopic (exact) mass is 254 g/mol. The molecule has 4 heteroatoms. The van der Waals surface area contributed by atoms with Crippen molar-refractivity contribution in [3.63, 3.8) is 0 Å². The predicted molar refractivity (Wildman–Crippen MR) is 75.4 cm³/mol. The number of allylic oxidation sites excluding steroid dienone is 2. The summed E-state index contributed by atoms with van der Waals surface area (Å²) in [6.07, 6.45) is 5.99. The van der Waals surface area contributed by atoms with Crippen molar-refractivity contribution in [1.29, 1.82) is 0 Å². The Morgan fingerprint density at radius 2 is 2.22 bits per heavy atom. The Bertz CT molecular complexity index is 265. The lowest BCUT2D eigenvalue weighted by atomic mass is 10.3. The second kappa shape index (κ2) is 11.0. The standard InChI is InChI=1S/C14H26N2O2/c1-4-7-8-9-14(18)15-11-13(17)12-16(6-3)10-5-2/h4,7-8,13,17H,1,5-6,9-12H2,2-3H3,(H,15,18)/b8-7-. The molecule has 0 heterocycles. The van der Waals surface area contributed by atoms with Gasteiger partial charge < -0.3 is 15.3 Å². The van der Waals surface area contributed by atoms with Gasteiger partial charge >= 0.3 is 0 Å². The number of likely N-dealkylation sites (N-methyl/N-ethyl adjacent to an activating group) is 1. The normalized spacial score (nSPS) is 12.9. The fraction of sp³-hybridized carbons (Fsp3) is 0.643. The van der Waals surface area contributed by atoms with E-state index in [9.17, 15) is 9.90 Å². The van der Waals surface area contributed by atoms with Crippen LogP contribution in [0.5, 0.6) is 0 Å². The Hall–Kier alpha value is -1.13. The Kier molecular flexibility index (Phi) is 10.3. The largest absolute Gasteiger partial charge is 0.390 e. The third kappa shape index (κ3) is 8.96. The van der Waals surface area contributed by atoms with Crippen molar-refractivity contribution < 1.29 is 9.90 Å². The van der Waals surface area contributed by atoms with Crippen molar-refractivity contribution in [2.75, 3.05) is 26.2 Å². The fourth-order valence-corrected chi connectivity index (χ4v) is 1.63. The summed E-state index contributed by atoms with van der Waals surface area (Å²) in [6.45, 7) is 10.5. The molecule has 0 aliphatic heterocycles. The fourth-order valence-electron chi connectivity index (χ4n) is 1.63. The smallest absolute Gasteiger partial charge is 0.223 e. The van der Waals surface area contributed by atoms with Gasteiger partial charge in [-0.2, -0.15) is 0 Å². The topological polar surface area (TPSA) is 52.6 Å². The van der Waals surface area contributed by atoms with Gasteiger partial charge in [0.1, 0.15) is 0 Å². The zero-order chi connectivity index (χ0) is 13.8. The molecule has 0 aromatic heterocycles. The van der Waals surface area contributed by atoms with Gasteiger partial charge in [-0.25, -0.2) is 0 Å². The summed E-state index contributed by atoms with van der Waals surface area (Å²) in [5, 5.41) is 12.5. The lowest BCUT2D eigenvalue weighted by molar-refractivity contribution is -0.120. The first kappa shape index (κ1) is 16.9. The predicted octanol–water partition coefficient (Wildman–Crippen LogP) is 1.33. The molecule has 104 valence electrons. The van der Waals surface area contributed by atoms with Crippen molar-refractivity contribution >= 4 is 5.91 Å². The number of aliphatic hydroxyl groups is 1. The molecule has 1 atom stereocenters. The number of carbonyl (C=O) groups is 1. The summed E-state index contributed by atoms with van der Waals surface area (Å²) in [4.78, 5) is 13.6. The van der Waals surface area contributed by atoms with Gasteiger partial charge in [-0.15, -0.1) is 0 Å². The Labute approximate surface area is 110 Å². The minimum Gasteiger partial charge on any atom is -0.390 e. The van der Waals surface area contributed by atoms with E-state index < -0.39 is 6.10 Å². The number of carbonyl (C=O) groups excluding carboxylic acids is 1. The zero-order valence-electron chi connectivity index (χ0n) is 11.6. The zero-order valence-corrected chi connectivity index (χ0v) is 11.6. The third-order valence-electron chi connectivity index (χ3n) is 2.57. The summed E-state index contributed by atoms with van der Waals surface area (Å²) >= 11 is 0. The highest BCUT2D eigenvalue weighted by molar-refractivity contribution is 5.77. The van der Waals surface area contributed by atoms with E-state index in [4.69, 9.17) is 0 Å². The average Bonchev–Trinajstić information content (AvgIpc) is 2.36. The van der Waals surface area contributed by atoms with Crippen molar-refractivity contribution in [1.82, 2.24) is 10.2 Å². The quantitative estimate of drug-likeness (QED) is 0.578. The summed E-state index contributed by atoms with van der Waals surface area (Å²) in [6, 6.07) is 0. The molecule has 4 nitrogen and oxygen atoms in total. The molecule has 0 aliphatic carbocycles. The number of amides is 1. The van der Waals surface area contributed by atoms with Crippen LogP contribution in [0.25, 0.3) is 0 Å². The minimum atomic E-state index is -0.510. The van der Waals surface area contributed by atoms with Crippen LogP contribution in [0.3, 0.4) is 0 Å². The van der Waals surface area contributed by atoms with E-state index in [0.29, 0.717) is 19.5 Å². The maximum Gasteiger partial charge on any atom is 0.223 e. The number of hydrogen-bond acceptors (Lipinski definition) is 3. The molecule has 0 aromatic carbocycles. The molecular weight excluding hydrogens is 228 g/mol. The van der Waals surface area contributed by atoms with Gasteiger partial charge in [-0.1, -0.05) is 38.7 Å². The maximum absolute atomic E-state index is 11.4. The summed E-state index contributed by atoms with van der Waals surface area (Å²) in [7, 11) is 0. The van der Waals surface area contributed by atoms with Crippen LogP contribution in [0.1, 0.15) is 26.7 Å². The summed E-state index contributed by atoms with van der Waals surface area (Å²) < 4.78 is 0. The van der Waals surface area contributed by atoms with E-state index in [1.54, 1.807) is 18.2 Å². The average molecular weight is 254 g/mol. The number of hydrogen-bond donors (Lipinski definition) is 2. The molecule has 2 N–H and O–H groups in total. The summed E-state index contributed by atoms with van der Waals surface area (Å²) in [5.41, 5.74) is 0. The third-order valence-corrected chi connectivity index (χ3v) is 2.57. The molecular formula is C14H26N2O2. The van der Waals surface area contributed by atoms with Gasteiger partial charge in [0, 0.05) is 19.5 Å². The van der Waals surface area contributed by atoms with E-state index in [-0.39, 0.29) is 5.91 Å². The molecule has 0 spiro atoms. The van der Waals surface area contributed by atoms with Gasteiger partial charge in [0.2, 0.25) is 5.91 Å². The Balaban J connectivity index is 3.80. The molecule has 1 amide bonds. The highest BCUT2D eigenvalue weighted by Crippen LogP contribution is 1.94. The SMILES string of the molecule is C=C/C=C\CC(=O)NCC(O)CN(CC)CCC. The molecule has 18 heavy (non-hydrogen) atoms. The van der Waals surface area contributed by atoms with Crippen LogP contribution in [-0.2, 0) is 4.79 Å². The number of rotatable bonds is 10. The van der Waals surface area contributed by atoms with Crippen LogP contribution >= 0.6 is 0 Å². The summed E-state index contributed by atoms with van der Waals surface area (Å²) in [5.74, 6) is -0.0781. The van der Waals surface area contributed by atoms with Crippen molar-refractivity contribution in [3.05, 3.63) is 24.8 Å². The Morgan fingerprint density at radius 1 is 1.50 bits per heavy atom. The molecule has 0 saturated carbocycles. The molecule has 0 fully saturated rings. The van der Waals surface area contributed by atoms with E-state index in [1.807, 2.05) is 0 Å². The van der Waals surface area contributed by atoms with Crippen LogP contribution in [-0.4, -0.2) is 48.2 Å². The molecule has 0 rings (SSSR count). The van der Waals surface area contributed by atoms with Crippen LogP contribution in [0, 0.1) is 0 Å². The van der Waals surface area contributed by atoms with E-state index in [2.05, 4.69) is 30.6 Å². The first-order chi connectivity index (χ1) is 8.63. The van der Waals surface area contributed by atoms with Crippen molar-refractivity contribution in [2.24, 2.45) is 0 Å². The van der Waals surface area contributed by atoms with E-state index >= 15 is 0 Å². The van der Waals surface area contributed by atoms with Gasteiger partial charge in [0.05, 0.1) is 6.10 Å². The number of nitrogens with zero attached hydrogens (tertiary/aromatic N) is 1. The maximum atomic E-state index is 11.4. The first-order valence-electron chi connectivity index (χ1n) is 6.58. The number of aliphatic hydroxyl groups excluding tert-OH is 1. The van der Waals surface area contributed by atoms with Gasteiger partial charge in [-0.3, -0.25) is 4.79 Å². The molecule has 1 unspecified atom stereocenters. The molecule has 0 saturated heterocycles. The van der Waals surface area contributed by atoms with Crippen molar-refractivity contribution in [3.8, 4) is 0 Å². The second-order valence-electron chi connectivity index (χ2n) is 4.22. The number of nitrogens with one attached hydrogen (secondary N) is 1. The molecule has 0 radical (unpaired) electrons. The lowest BCUT2D eigenvalue weighted by Crippen LogP contribution is -2.40.